The maximum atomic E-state index is 12.7. The van der Waals surface area contributed by atoms with Crippen LogP contribution in [0.1, 0.15) is 57.6 Å². The van der Waals surface area contributed by atoms with Crippen molar-refractivity contribution in [3.8, 4) is 5.75 Å². The van der Waals surface area contributed by atoms with Gasteiger partial charge in [0, 0.05) is 37.7 Å². The van der Waals surface area contributed by atoms with Gasteiger partial charge in [0.15, 0.2) is 0 Å². The van der Waals surface area contributed by atoms with Crippen LogP contribution in [0.4, 0.5) is 0 Å². The fraction of sp³-hybridized carbons (Fsp3) is 0.619. The van der Waals surface area contributed by atoms with Gasteiger partial charge in [-0.3, -0.25) is 9.59 Å². The Hall–Kier alpha value is -2.08. The number of amides is 1. The number of ether oxygens (including phenoxy) is 3. The third-order valence-electron chi connectivity index (χ3n) is 5.82. The van der Waals surface area contributed by atoms with Gasteiger partial charge in [-0.1, -0.05) is 18.2 Å². The van der Waals surface area contributed by atoms with Gasteiger partial charge in [0.25, 0.3) is 0 Å². The number of nitrogens with one attached hydrogen (secondary N) is 1. The molecule has 2 unspecified atom stereocenters. The third-order valence-corrected chi connectivity index (χ3v) is 5.82. The minimum absolute atomic E-state index is 0.112. The summed E-state index contributed by atoms with van der Waals surface area (Å²) in [6, 6.07) is 7.75. The number of hydrogen-bond donors (Lipinski definition) is 1. The van der Waals surface area contributed by atoms with Crippen molar-refractivity contribution in [3.63, 3.8) is 0 Å². The van der Waals surface area contributed by atoms with Crippen LogP contribution in [-0.4, -0.2) is 36.3 Å². The lowest BCUT2D eigenvalue weighted by Gasteiger charge is -2.44. The van der Waals surface area contributed by atoms with E-state index >= 15 is 0 Å². The summed E-state index contributed by atoms with van der Waals surface area (Å²) in [4.78, 5) is 24.7. The molecule has 4 rings (SSSR count). The molecule has 1 amide bonds. The molecule has 6 heteroatoms. The first-order valence-corrected chi connectivity index (χ1v) is 9.74. The number of fused-ring (bicyclic) bond motifs is 1. The first-order chi connectivity index (χ1) is 12.9. The van der Waals surface area contributed by atoms with E-state index in [4.69, 9.17) is 14.2 Å². The zero-order valence-electron chi connectivity index (χ0n) is 16.0. The normalized spacial score (nSPS) is 28.1. The van der Waals surface area contributed by atoms with Gasteiger partial charge in [0.1, 0.15) is 17.0 Å². The average molecular weight is 373 g/mol. The number of esters is 1. The molecule has 2 fully saturated rings. The van der Waals surface area contributed by atoms with Crippen LogP contribution in [-0.2, 0) is 19.1 Å². The quantitative estimate of drug-likeness (QED) is 0.825. The standard InChI is InChI=1S/C21H27NO5/c1-20(2)12-14(19(24)27-20)11-18(23)22-16-13-21(7-9-25-10-8-21)26-17-6-4-3-5-15(16)17/h3-6,14,16H,7-13H2,1-2H3,(H,22,23). The summed E-state index contributed by atoms with van der Waals surface area (Å²) in [5.74, 6) is 0.0754. The number of benzene rings is 1. The smallest absolute Gasteiger partial charge is 0.310 e. The summed E-state index contributed by atoms with van der Waals surface area (Å²) >= 11 is 0. The first kappa shape index (κ1) is 18.3. The Labute approximate surface area is 159 Å². The maximum absolute atomic E-state index is 12.7. The van der Waals surface area contributed by atoms with E-state index in [-0.39, 0.29) is 35.9 Å². The van der Waals surface area contributed by atoms with Gasteiger partial charge in [-0.05, 0) is 19.9 Å². The van der Waals surface area contributed by atoms with Gasteiger partial charge >= 0.3 is 5.97 Å². The van der Waals surface area contributed by atoms with E-state index in [1.165, 1.54) is 0 Å². The maximum Gasteiger partial charge on any atom is 0.310 e. The molecule has 1 spiro atoms. The van der Waals surface area contributed by atoms with Gasteiger partial charge in [-0.25, -0.2) is 0 Å². The van der Waals surface area contributed by atoms with Crippen molar-refractivity contribution in [3.05, 3.63) is 29.8 Å². The van der Waals surface area contributed by atoms with Crippen molar-refractivity contribution in [1.29, 1.82) is 0 Å². The Kier molecular flexibility index (Phi) is 4.62. The van der Waals surface area contributed by atoms with Crippen LogP contribution in [0.2, 0.25) is 0 Å². The largest absolute Gasteiger partial charge is 0.487 e. The van der Waals surface area contributed by atoms with Crippen LogP contribution in [0.3, 0.4) is 0 Å². The molecule has 6 nitrogen and oxygen atoms in total. The van der Waals surface area contributed by atoms with E-state index in [2.05, 4.69) is 5.32 Å². The van der Waals surface area contributed by atoms with Crippen molar-refractivity contribution in [2.45, 2.75) is 63.2 Å². The topological polar surface area (TPSA) is 73.9 Å². The molecular weight excluding hydrogens is 346 g/mol. The van der Waals surface area contributed by atoms with Gasteiger partial charge in [-0.15, -0.1) is 0 Å². The number of para-hydroxylation sites is 1. The lowest BCUT2D eigenvalue weighted by atomic mass is 9.82. The molecular formula is C21H27NO5. The number of carbonyl (C=O) groups is 2. The van der Waals surface area contributed by atoms with Crippen molar-refractivity contribution >= 4 is 11.9 Å². The first-order valence-electron chi connectivity index (χ1n) is 9.74. The molecule has 1 N–H and O–H groups in total. The average Bonchev–Trinajstić information content (AvgIpc) is 2.87. The Morgan fingerprint density at radius 2 is 1.89 bits per heavy atom. The lowest BCUT2D eigenvalue weighted by molar-refractivity contribution is -0.149. The zero-order chi connectivity index (χ0) is 19.1. The third kappa shape index (κ3) is 3.81. The lowest BCUT2D eigenvalue weighted by Crippen LogP contribution is -2.48. The Balaban J connectivity index is 1.48. The van der Waals surface area contributed by atoms with E-state index in [9.17, 15) is 9.59 Å². The van der Waals surface area contributed by atoms with Gasteiger partial charge in [0.2, 0.25) is 5.91 Å². The molecule has 1 aromatic rings. The summed E-state index contributed by atoms with van der Waals surface area (Å²) < 4.78 is 17.2. The van der Waals surface area contributed by atoms with Crippen molar-refractivity contribution in [1.82, 2.24) is 5.32 Å². The molecule has 146 valence electrons. The van der Waals surface area contributed by atoms with Crippen LogP contribution in [0.5, 0.6) is 5.75 Å². The van der Waals surface area contributed by atoms with Gasteiger partial charge in [-0.2, -0.15) is 0 Å². The fourth-order valence-corrected chi connectivity index (χ4v) is 4.50. The predicted octanol–water partition coefficient (Wildman–Crippen LogP) is 2.91. The summed E-state index contributed by atoms with van der Waals surface area (Å²) in [6.45, 7) is 5.11. The summed E-state index contributed by atoms with van der Waals surface area (Å²) in [6.07, 6.45) is 3.09. The molecule has 1 aromatic carbocycles. The monoisotopic (exact) mass is 373 g/mol. The predicted molar refractivity (Wildman–Crippen MR) is 98.2 cm³/mol. The summed E-state index contributed by atoms with van der Waals surface area (Å²) in [5, 5.41) is 3.15. The fourth-order valence-electron chi connectivity index (χ4n) is 4.50. The van der Waals surface area contributed by atoms with Crippen molar-refractivity contribution in [2.24, 2.45) is 5.92 Å². The number of hydrogen-bond acceptors (Lipinski definition) is 5. The molecule has 0 radical (unpaired) electrons. The number of carbonyl (C=O) groups excluding carboxylic acids is 2. The molecule has 0 aromatic heterocycles. The highest BCUT2D eigenvalue weighted by molar-refractivity contribution is 5.84. The summed E-state index contributed by atoms with van der Waals surface area (Å²) in [7, 11) is 0. The highest BCUT2D eigenvalue weighted by atomic mass is 16.6. The van der Waals surface area contributed by atoms with E-state index in [1.54, 1.807) is 0 Å². The minimum atomic E-state index is -0.487. The van der Waals surface area contributed by atoms with Crippen LogP contribution in [0.25, 0.3) is 0 Å². The van der Waals surface area contributed by atoms with Gasteiger partial charge < -0.3 is 19.5 Å². The molecule has 0 saturated carbocycles. The second-order valence-corrected chi connectivity index (χ2v) is 8.55. The highest BCUT2D eigenvalue weighted by Crippen LogP contribution is 2.44. The number of rotatable bonds is 3. The van der Waals surface area contributed by atoms with Crippen LogP contribution >= 0.6 is 0 Å². The van der Waals surface area contributed by atoms with Crippen LogP contribution < -0.4 is 10.1 Å². The second kappa shape index (κ2) is 6.82. The highest BCUT2D eigenvalue weighted by Gasteiger charge is 2.44. The van der Waals surface area contributed by atoms with Crippen LogP contribution in [0, 0.1) is 5.92 Å². The molecule has 3 heterocycles. The van der Waals surface area contributed by atoms with E-state index in [1.807, 2.05) is 38.1 Å². The molecule has 2 saturated heterocycles. The molecule has 27 heavy (non-hydrogen) atoms. The van der Waals surface area contributed by atoms with Crippen molar-refractivity contribution in [2.75, 3.05) is 13.2 Å². The van der Waals surface area contributed by atoms with E-state index in [0.29, 0.717) is 19.6 Å². The van der Waals surface area contributed by atoms with E-state index < -0.39 is 5.60 Å². The molecule has 0 aliphatic carbocycles. The zero-order valence-corrected chi connectivity index (χ0v) is 16.0. The minimum Gasteiger partial charge on any atom is -0.487 e. The van der Waals surface area contributed by atoms with Gasteiger partial charge in [0.05, 0.1) is 25.2 Å². The Morgan fingerprint density at radius 1 is 1.15 bits per heavy atom. The summed E-state index contributed by atoms with van der Waals surface area (Å²) in [5.41, 5.74) is 0.218. The Bertz CT molecular complexity index is 738. The SMILES string of the molecule is CC1(C)CC(CC(=O)NC2CC3(CCOCC3)Oc3ccccc32)C(=O)O1. The van der Waals surface area contributed by atoms with E-state index in [0.717, 1.165) is 30.6 Å². The van der Waals surface area contributed by atoms with Crippen LogP contribution in [0.15, 0.2) is 24.3 Å². The Morgan fingerprint density at radius 3 is 2.59 bits per heavy atom. The van der Waals surface area contributed by atoms with Crippen molar-refractivity contribution < 1.29 is 23.8 Å². The second-order valence-electron chi connectivity index (χ2n) is 8.55. The molecule has 2 atom stereocenters. The molecule has 0 bridgehead atoms. The molecule has 3 aliphatic heterocycles. The number of cyclic esters (lactones) is 1. The molecule has 3 aliphatic rings.